The van der Waals surface area contributed by atoms with Crippen molar-refractivity contribution in [2.24, 2.45) is 5.92 Å². The Labute approximate surface area is 236 Å². The summed E-state index contributed by atoms with van der Waals surface area (Å²) in [5.41, 5.74) is 2.04. The fourth-order valence-corrected chi connectivity index (χ4v) is 5.64. The van der Waals surface area contributed by atoms with Crippen molar-refractivity contribution in [3.63, 3.8) is 0 Å². The van der Waals surface area contributed by atoms with Gasteiger partial charge in [-0.2, -0.15) is 0 Å². The number of rotatable bonds is 12. The van der Waals surface area contributed by atoms with Crippen LogP contribution in [0.25, 0.3) is 0 Å². The smallest absolute Gasteiger partial charge is 0.264 e. The van der Waals surface area contributed by atoms with E-state index < -0.39 is 28.5 Å². The lowest BCUT2D eigenvalue weighted by atomic mass is 10.1. The number of nitrogens with one attached hydrogen (secondary N) is 1. The molecule has 3 rings (SSSR count). The molecule has 0 aromatic heterocycles. The van der Waals surface area contributed by atoms with Crippen LogP contribution in [0, 0.1) is 12.8 Å². The van der Waals surface area contributed by atoms with E-state index in [1.807, 2.05) is 58.0 Å². The Morgan fingerprint density at radius 3 is 2.10 bits per heavy atom. The molecule has 9 heteroatoms. The second-order valence-corrected chi connectivity index (χ2v) is 12.2. The van der Waals surface area contributed by atoms with Gasteiger partial charge in [-0.3, -0.25) is 13.9 Å². The molecule has 3 aromatic carbocycles. The average Bonchev–Trinajstić information content (AvgIpc) is 2.91. The van der Waals surface area contributed by atoms with E-state index in [1.54, 1.807) is 36.4 Å². The van der Waals surface area contributed by atoms with Crippen LogP contribution in [0.4, 0.5) is 5.69 Å². The average molecular weight is 570 g/mol. The number of aryl methyl sites for hydroxylation is 1. The van der Waals surface area contributed by atoms with E-state index in [0.717, 1.165) is 15.4 Å². The van der Waals surface area contributed by atoms with Gasteiger partial charge in [0.1, 0.15) is 12.6 Å². The van der Waals surface area contributed by atoms with Crippen LogP contribution in [0.1, 0.15) is 38.3 Å². The fourth-order valence-electron chi connectivity index (χ4n) is 4.10. The highest BCUT2D eigenvalue weighted by Crippen LogP contribution is 2.26. The Hall–Kier alpha value is -3.36. The fraction of sp³-hybridized carbons (Fsp3) is 0.333. The number of nitrogens with zero attached hydrogens (tertiary/aromatic N) is 2. The summed E-state index contributed by atoms with van der Waals surface area (Å²) in [5, 5.41) is 3.37. The molecule has 0 fully saturated rings. The van der Waals surface area contributed by atoms with E-state index in [9.17, 15) is 18.0 Å². The number of anilines is 1. The van der Waals surface area contributed by atoms with Gasteiger partial charge < -0.3 is 10.2 Å². The maximum atomic E-state index is 14.0. The lowest BCUT2D eigenvalue weighted by molar-refractivity contribution is -0.140. The molecule has 39 heavy (non-hydrogen) atoms. The first-order chi connectivity index (χ1) is 18.5. The van der Waals surface area contributed by atoms with Crippen molar-refractivity contribution in [2.45, 2.75) is 51.6 Å². The molecule has 0 aliphatic rings. The Bertz CT molecular complexity index is 1350. The molecule has 0 unspecified atom stereocenters. The molecule has 3 aromatic rings. The van der Waals surface area contributed by atoms with E-state index in [1.165, 1.54) is 17.0 Å². The molecule has 0 aliphatic heterocycles. The van der Waals surface area contributed by atoms with Crippen molar-refractivity contribution in [1.29, 1.82) is 0 Å². The third kappa shape index (κ3) is 8.07. The highest BCUT2D eigenvalue weighted by atomic mass is 35.5. The molecule has 208 valence electrons. The van der Waals surface area contributed by atoms with Gasteiger partial charge >= 0.3 is 0 Å². The highest BCUT2D eigenvalue weighted by Gasteiger charge is 2.33. The van der Waals surface area contributed by atoms with Crippen molar-refractivity contribution < 1.29 is 18.0 Å². The van der Waals surface area contributed by atoms with Gasteiger partial charge in [0, 0.05) is 18.1 Å². The molecule has 1 atom stereocenters. The first kappa shape index (κ1) is 30.2. The predicted molar refractivity (Wildman–Crippen MR) is 156 cm³/mol. The largest absolute Gasteiger partial charge is 0.354 e. The summed E-state index contributed by atoms with van der Waals surface area (Å²) in [5.74, 6) is -0.518. The lowest BCUT2D eigenvalue weighted by Crippen LogP contribution is -2.52. The van der Waals surface area contributed by atoms with Gasteiger partial charge in [-0.25, -0.2) is 8.42 Å². The van der Waals surface area contributed by atoms with E-state index >= 15 is 0 Å². The third-order valence-electron chi connectivity index (χ3n) is 6.27. The lowest BCUT2D eigenvalue weighted by Gasteiger charge is -2.33. The number of hydrogen-bond acceptors (Lipinski definition) is 4. The first-order valence-corrected chi connectivity index (χ1v) is 14.8. The SMILES string of the molecule is CC[C@@H](C(=O)NCC(C)C)N(Cc1ccccc1)C(=O)CN(c1ccc(Cl)cc1)S(=O)(=O)c1ccc(C)cc1. The number of halogens is 1. The van der Waals surface area contributed by atoms with Crippen LogP contribution in [0.15, 0.2) is 83.8 Å². The molecule has 0 radical (unpaired) electrons. The van der Waals surface area contributed by atoms with Gasteiger partial charge in [-0.15, -0.1) is 0 Å². The molecule has 1 N–H and O–H groups in total. The molecule has 0 bridgehead atoms. The van der Waals surface area contributed by atoms with Crippen molar-refractivity contribution >= 4 is 39.1 Å². The quantitative estimate of drug-likeness (QED) is 0.315. The summed E-state index contributed by atoms with van der Waals surface area (Å²) >= 11 is 6.07. The molecular formula is C30H36ClN3O4S. The highest BCUT2D eigenvalue weighted by molar-refractivity contribution is 7.92. The Kier molecular flexibility index (Phi) is 10.5. The normalized spacial score (nSPS) is 12.2. The Morgan fingerprint density at radius 1 is 0.923 bits per heavy atom. The zero-order chi connectivity index (χ0) is 28.6. The molecule has 0 spiro atoms. The van der Waals surface area contributed by atoms with Crippen molar-refractivity contribution in [2.75, 3.05) is 17.4 Å². The molecule has 0 saturated heterocycles. The summed E-state index contributed by atoms with van der Waals surface area (Å²) in [6.45, 7) is 7.84. The zero-order valence-corrected chi connectivity index (χ0v) is 24.4. The van der Waals surface area contributed by atoms with Gasteiger partial charge in [-0.05, 0) is 61.2 Å². The van der Waals surface area contributed by atoms with Gasteiger partial charge in [0.15, 0.2) is 0 Å². The van der Waals surface area contributed by atoms with Gasteiger partial charge in [0.25, 0.3) is 10.0 Å². The second kappa shape index (κ2) is 13.6. The van der Waals surface area contributed by atoms with Crippen molar-refractivity contribution in [3.8, 4) is 0 Å². The van der Waals surface area contributed by atoms with Crippen LogP contribution in [0.3, 0.4) is 0 Å². The van der Waals surface area contributed by atoms with E-state index in [-0.39, 0.29) is 23.3 Å². The topological polar surface area (TPSA) is 86.8 Å². The summed E-state index contributed by atoms with van der Waals surface area (Å²) in [6.07, 6.45) is 0.369. The standard InChI is InChI=1S/C30H36ClN3O4S/c1-5-28(30(36)32-19-22(2)3)33(20-24-9-7-6-8-10-24)29(35)21-34(26-15-13-25(31)14-16-26)39(37,38)27-17-11-23(4)12-18-27/h6-18,22,28H,5,19-21H2,1-4H3,(H,32,36)/t28-/m0/s1. The van der Waals surface area contributed by atoms with Crippen LogP contribution in [-0.2, 0) is 26.2 Å². The predicted octanol–water partition coefficient (Wildman–Crippen LogP) is 5.42. The zero-order valence-electron chi connectivity index (χ0n) is 22.8. The van der Waals surface area contributed by atoms with Crippen molar-refractivity contribution in [1.82, 2.24) is 10.2 Å². The summed E-state index contributed by atoms with van der Waals surface area (Å²) < 4.78 is 28.8. The first-order valence-electron chi connectivity index (χ1n) is 13.0. The van der Waals surface area contributed by atoms with Gasteiger partial charge in [0.05, 0.1) is 10.6 Å². The minimum absolute atomic E-state index is 0.0622. The number of hydrogen-bond donors (Lipinski definition) is 1. The summed E-state index contributed by atoms with van der Waals surface area (Å²) in [6, 6.07) is 21.3. The number of amides is 2. The monoisotopic (exact) mass is 569 g/mol. The van der Waals surface area contributed by atoms with Crippen LogP contribution < -0.4 is 9.62 Å². The van der Waals surface area contributed by atoms with Crippen LogP contribution >= 0.6 is 11.6 Å². The van der Waals surface area contributed by atoms with Crippen LogP contribution in [0.5, 0.6) is 0 Å². The van der Waals surface area contributed by atoms with E-state index in [4.69, 9.17) is 11.6 Å². The number of sulfonamides is 1. The minimum Gasteiger partial charge on any atom is -0.354 e. The molecule has 7 nitrogen and oxygen atoms in total. The number of carbonyl (C=O) groups excluding carboxylic acids is 2. The van der Waals surface area contributed by atoms with Crippen LogP contribution in [0.2, 0.25) is 5.02 Å². The third-order valence-corrected chi connectivity index (χ3v) is 8.31. The van der Waals surface area contributed by atoms with Crippen LogP contribution in [-0.4, -0.2) is 44.3 Å². The molecular weight excluding hydrogens is 534 g/mol. The molecule has 0 heterocycles. The maximum absolute atomic E-state index is 14.0. The second-order valence-electron chi connectivity index (χ2n) is 9.87. The van der Waals surface area contributed by atoms with E-state index in [2.05, 4.69) is 5.32 Å². The Balaban J connectivity index is 2.02. The number of benzene rings is 3. The maximum Gasteiger partial charge on any atom is 0.264 e. The van der Waals surface area contributed by atoms with E-state index in [0.29, 0.717) is 23.7 Å². The summed E-state index contributed by atoms with van der Waals surface area (Å²) in [7, 11) is -4.12. The Morgan fingerprint density at radius 2 is 1.54 bits per heavy atom. The summed E-state index contributed by atoms with van der Waals surface area (Å²) in [4.78, 5) is 28.7. The van der Waals surface area contributed by atoms with Gasteiger partial charge in [-0.1, -0.05) is 80.4 Å². The molecule has 0 saturated carbocycles. The minimum atomic E-state index is -4.12. The van der Waals surface area contributed by atoms with Gasteiger partial charge in [0.2, 0.25) is 11.8 Å². The number of carbonyl (C=O) groups is 2. The molecule has 0 aliphatic carbocycles. The molecule has 2 amide bonds. The van der Waals surface area contributed by atoms with Crippen molar-refractivity contribution in [3.05, 3.63) is 95.0 Å².